The second kappa shape index (κ2) is 7.54. The van der Waals surface area contributed by atoms with E-state index >= 15 is 0 Å². The van der Waals surface area contributed by atoms with Crippen LogP contribution in [0.25, 0.3) is 0 Å². The third-order valence-corrected chi connectivity index (χ3v) is 3.64. The van der Waals surface area contributed by atoms with E-state index < -0.39 is 23.6 Å². The maximum atomic E-state index is 13.6. The molecule has 1 atom stereocenters. The standard InChI is InChI=1S/C11H20FN3O3S/c1-19-6-3-8(14-10(13)17)9(16)15-18-7-11(12)4-2-5-11/h8H,2-7H2,1H3,(H,15,16)(H3,13,14,17)/t8-/m0/s1. The van der Waals surface area contributed by atoms with Crippen molar-refractivity contribution in [2.24, 2.45) is 5.73 Å². The van der Waals surface area contributed by atoms with Gasteiger partial charge in [-0.25, -0.2) is 14.7 Å². The number of rotatable bonds is 8. The number of thioether (sulfide) groups is 1. The van der Waals surface area contributed by atoms with Gasteiger partial charge < -0.3 is 11.1 Å². The number of carbonyl (C=O) groups is 2. The number of carbonyl (C=O) groups excluding carboxylic acids is 2. The van der Waals surface area contributed by atoms with Crippen LogP contribution in [0, 0.1) is 0 Å². The summed E-state index contributed by atoms with van der Waals surface area (Å²) in [5.74, 6) is 0.168. The molecule has 1 rings (SSSR count). The number of nitrogens with one attached hydrogen (secondary N) is 2. The van der Waals surface area contributed by atoms with E-state index in [1.807, 2.05) is 6.26 Å². The third-order valence-electron chi connectivity index (χ3n) is 3.00. The summed E-state index contributed by atoms with van der Waals surface area (Å²) in [4.78, 5) is 27.4. The first-order chi connectivity index (χ1) is 8.97. The van der Waals surface area contributed by atoms with E-state index in [2.05, 4.69) is 10.8 Å². The molecule has 0 heterocycles. The van der Waals surface area contributed by atoms with Crippen LogP contribution < -0.4 is 16.5 Å². The largest absolute Gasteiger partial charge is 0.352 e. The monoisotopic (exact) mass is 293 g/mol. The second-order valence-electron chi connectivity index (χ2n) is 4.60. The smallest absolute Gasteiger partial charge is 0.312 e. The molecule has 6 nitrogen and oxygen atoms in total. The number of nitrogens with two attached hydrogens (primary N) is 1. The lowest BCUT2D eigenvalue weighted by molar-refractivity contribution is -0.142. The molecule has 1 aliphatic carbocycles. The van der Waals surface area contributed by atoms with Crippen LogP contribution in [0.1, 0.15) is 25.7 Å². The van der Waals surface area contributed by atoms with Crippen LogP contribution in [-0.2, 0) is 9.63 Å². The van der Waals surface area contributed by atoms with Crippen molar-refractivity contribution in [3.63, 3.8) is 0 Å². The molecule has 0 aromatic heterocycles. The molecule has 0 aromatic carbocycles. The molecule has 0 aliphatic heterocycles. The molecular weight excluding hydrogens is 273 g/mol. The number of alkyl halides is 1. The number of hydrogen-bond donors (Lipinski definition) is 3. The van der Waals surface area contributed by atoms with E-state index in [1.165, 1.54) is 0 Å². The maximum Gasteiger partial charge on any atom is 0.312 e. The molecule has 0 bridgehead atoms. The minimum absolute atomic E-state index is 0.162. The predicted molar refractivity (Wildman–Crippen MR) is 71.3 cm³/mol. The number of amides is 3. The van der Waals surface area contributed by atoms with Crippen LogP contribution in [0.2, 0.25) is 0 Å². The van der Waals surface area contributed by atoms with Crippen molar-refractivity contribution >= 4 is 23.7 Å². The van der Waals surface area contributed by atoms with Crippen LogP contribution >= 0.6 is 11.8 Å². The number of urea groups is 1. The van der Waals surface area contributed by atoms with E-state index in [9.17, 15) is 14.0 Å². The Bertz CT molecular complexity index is 326. The van der Waals surface area contributed by atoms with Crippen molar-refractivity contribution in [3.05, 3.63) is 0 Å². The number of hydroxylamine groups is 1. The zero-order chi connectivity index (χ0) is 14.3. The summed E-state index contributed by atoms with van der Waals surface area (Å²) in [6.45, 7) is -0.162. The lowest BCUT2D eigenvalue weighted by Crippen LogP contribution is -2.50. The first-order valence-electron chi connectivity index (χ1n) is 6.12. The van der Waals surface area contributed by atoms with Crippen molar-refractivity contribution in [2.75, 3.05) is 18.6 Å². The van der Waals surface area contributed by atoms with Gasteiger partial charge in [0, 0.05) is 0 Å². The van der Waals surface area contributed by atoms with Crippen LogP contribution in [0.3, 0.4) is 0 Å². The Morgan fingerprint density at radius 3 is 2.68 bits per heavy atom. The topological polar surface area (TPSA) is 93.5 Å². The highest BCUT2D eigenvalue weighted by Crippen LogP contribution is 2.35. The molecule has 1 fully saturated rings. The van der Waals surface area contributed by atoms with Gasteiger partial charge in [0.1, 0.15) is 18.3 Å². The van der Waals surface area contributed by atoms with Gasteiger partial charge in [0.15, 0.2) is 0 Å². The van der Waals surface area contributed by atoms with Gasteiger partial charge in [0.25, 0.3) is 5.91 Å². The molecule has 8 heteroatoms. The minimum Gasteiger partial charge on any atom is -0.352 e. The van der Waals surface area contributed by atoms with E-state index in [4.69, 9.17) is 10.6 Å². The quantitative estimate of drug-likeness (QED) is 0.575. The summed E-state index contributed by atoms with van der Waals surface area (Å²) in [6, 6.07) is -1.54. The Kier molecular flexibility index (Phi) is 6.36. The van der Waals surface area contributed by atoms with E-state index in [0.29, 0.717) is 25.0 Å². The highest BCUT2D eigenvalue weighted by Gasteiger charge is 2.37. The first-order valence-corrected chi connectivity index (χ1v) is 7.52. The van der Waals surface area contributed by atoms with Gasteiger partial charge in [-0.05, 0) is 37.7 Å². The average molecular weight is 293 g/mol. The maximum absolute atomic E-state index is 13.6. The summed E-state index contributed by atoms with van der Waals surface area (Å²) in [5, 5.41) is 2.33. The van der Waals surface area contributed by atoms with Gasteiger partial charge in [-0.2, -0.15) is 11.8 Å². The van der Waals surface area contributed by atoms with Crippen molar-refractivity contribution in [3.8, 4) is 0 Å². The van der Waals surface area contributed by atoms with E-state index in [1.54, 1.807) is 11.8 Å². The normalized spacial score (nSPS) is 18.2. The minimum atomic E-state index is -1.32. The van der Waals surface area contributed by atoms with Crippen LogP contribution in [0.15, 0.2) is 0 Å². The number of hydrogen-bond acceptors (Lipinski definition) is 4. The average Bonchev–Trinajstić information content (AvgIpc) is 2.31. The van der Waals surface area contributed by atoms with E-state index in [-0.39, 0.29) is 6.61 Å². The van der Waals surface area contributed by atoms with Gasteiger partial charge in [0.05, 0.1) is 0 Å². The van der Waals surface area contributed by atoms with Gasteiger partial charge in [-0.3, -0.25) is 9.63 Å². The van der Waals surface area contributed by atoms with Crippen molar-refractivity contribution in [1.29, 1.82) is 0 Å². The lowest BCUT2D eigenvalue weighted by atomic mass is 9.83. The first kappa shape index (κ1) is 16.0. The SMILES string of the molecule is CSCC[C@H](NC(N)=O)C(=O)NOCC1(F)CCC1. The fraction of sp³-hybridized carbons (Fsp3) is 0.818. The second-order valence-corrected chi connectivity index (χ2v) is 5.59. The van der Waals surface area contributed by atoms with Gasteiger partial charge in [0.2, 0.25) is 0 Å². The summed E-state index contributed by atoms with van der Waals surface area (Å²) in [5.41, 5.74) is 5.84. The molecule has 3 amide bonds. The van der Waals surface area contributed by atoms with Crippen molar-refractivity contribution < 1.29 is 18.8 Å². The molecule has 0 saturated heterocycles. The number of halogens is 1. The van der Waals surface area contributed by atoms with Crippen molar-refractivity contribution in [2.45, 2.75) is 37.4 Å². The highest BCUT2D eigenvalue weighted by atomic mass is 32.2. The highest BCUT2D eigenvalue weighted by molar-refractivity contribution is 7.98. The Hall–Kier alpha value is -1.02. The molecule has 0 radical (unpaired) electrons. The Morgan fingerprint density at radius 2 is 2.21 bits per heavy atom. The fourth-order valence-corrected chi connectivity index (χ4v) is 2.16. The fourth-order valence-electron chi connectivity index (χ4n) is 1.69. The Balaban J connectivity index is 2.31. The summed E-state index contributed by atoms with van der Waals surface area (Å²) in [7, 11) is 0. The van der Waals surface area contributed by atoms with Crippen LogP contribution in [0.5, 0.6) is 0 Å². The number of primary amides is 1. The van der Waals surface area contributed by atoms with Crippen molar-refractivity contribution in [1.82, 2.24) is 10.8 Å². The zero-order valence-corrected chi connectivity index (χ0v) is 11.7. The third kappa shape index (κ3) is 5.65. The molecule has 4 N–H and O–H groups in total. The Morgan fingerprint density at radius 1 is 1.53 bits per heavy atom. The summed E-state index contributed by atoms with van der Waals surface area (Å²) >= 11 is 1.54. The summed E-state index contributed by atoms with van der Waals surface area (Å²) < 4.78 is 13.6. The molecule has 0 unspecified atom stereocenters. The molecule has 0 aromatic rings. The van der Waals surface area contributed by atoms with E-state index in [0.717, 1.165) is 6.42 Å². The Labute approximate surface area is 116 Å². The molecule has 1 aliphatic rings. The van der Waals surface area contributed by atoms with Crippen LogP contribution in [0.4, 0.5) is 9.18 Å². The lowest BCUT2D eigenvalue weighted by Gasteiger charge is -2.33. The molecule has 0 spiro atoms. The van der Waals surface area contributed by atoms with Gasteiger partial charge >= 0.3 is 6.03 Å². The van der Waals surface area contributed by atoms with Gasteiger partial charge in [-0.1, -0.05) is 0 Å². The van der Waals surface area contributed by atoms with Gasteiger partial charge in [-0.15, -0.1) is 0 Å². The molecule has 1 saturated carbocycles. The van der Waals surface area contributed by atoms with Crippen LogP contribution in [-0.4, -0.2) is 42.3 Å². The molecule has 110 valence electrons. The molecular formula is C11H20FN3O3S. The predicted octanol–water partition coefficient (Wildman–Crippen LogP) is 0.716. The zero-order valence-electron chi connectivity index (χ0n) is 10.9. The molecule has 19 heavy (non-hydrogen) atoms. The summed E-state index contributed by atoms with van der Waals surface area (Å²) in [6.07, 6.45) is 4.07.